The van der Waals surface area contributed by atoms with Crippen molar-refractivity contribution < 1.29 is 9.13 Å². The highest BCUT2D eigenvalue weighted by molar-refractivity contribution is 5.81. The average molecular weight is 252 g/mol. The zero-order valence-corrected chi connectivity index (χ0v) is 10.3. The molecular weight excluding hydrogens is 235 g/mol. The summed E-state index contributed by atoms with van der Waals surface area (Å²) < 4.78 is 18.9. The van der Waals surface area contributed by atoms with Gasteiger partial charge in [0.1, 0.15) is 0 Å². The molecule has 5 nitrogen and oxygen atoms in total. The summed E-state index contributed by atoms with van der Waals surface area (Å²) in [5.74, 6) is -0.339. The lowest BCUT2D eigenvalue weighted by molar-refractivity contribution is 0.294. The van der Waals surface area contributed by atoms with Crippen molar-refractivity contribution in [1.29, 1.82) is 0 Å². The Balaban J connectivity index is 2.67. The topological polar surface area (TPSA) is 86.0 Å². The number of guanidine groups is 1. The summed E-state index contributed by atoms with van der Waals surface area (Å²) in [6.07, 6.45) is 3.26. The Bertz CT molecular complexity index is 442. The Morgan fingerprint density at radius 1 is 1.44 bits per heavy atom. The van der Waals surface area contributed by atoms with Crippen LogP contribution in [0.5, 0.6) is 5.75 Å². The van der Waals surface area contributed by atoms with Crippen LogP contribution in [0.3, 0.4) is 0 Å². The monoisotopic (exact) mass is 252 g/mol. The van der Waals surface area contributed by atoms with Gasteiger partial charge in [-0.3, -0.25) is 0 Å². The van der Waals surface area contributed by atoms with Crippen molar-refractivity contribution in [3.8, 4) is 5.75 Å². The molecule has 0 heterocycles. The van der Waals surface area contributed by atoms with Gasteiger partial charge >= 0.3 is 0 Å². The number of nitrogens with two attached hydrogens (primary N) is 2. The normalized spacial score (nSPS) is 10.6. The molecule has 0 spiro atoms. The Hall–Kier alpha value is -2.11. The first-order valence-corrected chi connectivity index (χ1v) is 5.67. The predicted molar refractivity (Wildman–Crippen MR) is 70.2 cm³/mol. The molecule has 4 N–H and O–H groups in total. The van der Waals surface area contributed by atoms with Crippen LogP contribution < -0.4 is 16.2 Å². The Kier molecular flexibility index (Phi) is 5.63. The molecule has 1 aromatic rings. The van der Waals surface area contributed by atoms with Crippen LogP contribution in [0.25, 0.3) is 0 Å². The van der Waals surface area contributed by atoms with Gasteiger partial charge < -0.3 is 16.2 Å². The van der Waals surface area contributed by atoms with E-state index >= 15 is 0 Å². The quantitative estimate of drug-likeness (QED) is 0.349. The van der Waals surface area contributed by atoms with Crippen LogP contribution >= 0.6 is 0 Å². The van der Waals surface area contributed by atoms with Crippen molar-refractivity contribution >= 4 is 12.2 Å². The van der Waals surface area contributed by atoms with Crippen LogP contribution in [0.4, 0.5) is 4.39 Å². The molecule has 98 valence electrons. The molecule has 0 unspecified atom stereocenters. The van der Waals surface area contributed by atoms with Crippen molar-refractivity contribution in [1.82, 2.24) is 0 Å². The van der Waals surface area contributed by atoms with Gasteiger partial charge in [0.2, 0.25) is 5.96 Å². The third-order valence-corrected chi connectivity index (χ3v) is 2.09. The second-order valence-electron chi connectivity index (χ2n) is 3.66. The smallest absolute Gasteiger partial charge is 0.211 e. The van der Waals surface area contributed by atoms with Crippen LogP contribution in [0, 0.1) is 5.82 Å². The minimum absolute atomic E-state index is 0.147. The molecule has 6 heteroatoms. The van der Waals surface area contributed by atoms with Gasteiger partial charge in [0.15, 0.2) is 11.6 Å². The summed E-state index contributed by atoms with van der Waals surface area (Å²) in [5, 5.41) is 7.01. The van der Waals surface area contributed by atoms with Crippen molar-refractivity contribution in [2.24, 2.45) is 21.7 Å². The van der Waals surface area contributed by atoms with Crippen LogP contribution in [0.2, 0.25) is 0 Å². The van der Waals surface area contributed by atoms with E-state index in [0.717, 1.165) is 12.8 Å². The van der Waals surface area contributed by atoms with Gasteiger partial charge in [0.25, 0.3) is 0 Å². The zero-order valence-electron chi connectivity index (χ0n) is 10.3. The maximum Gasteiger partial charge on any atom is 0.211 e. The lowest BCUT2D eigenvalue weighted by Crippen LogP contribution is -2.21. The molecule has 0 amide bonds. The van der Waals surface area contributed by atoms with E-state index in [-0.39, 0.29) is 11.7 Å². The molecule has 0 aliphatic carbocycles. The lowest BCUT2D eigenvalue weighted by Gasteiger charge is -2.06. The average Bonchev–Trinajstić information content (AvgIpc) is 2.31. The third kappa shape index (κ3) is 4.82. The fraction of sp³-hybridized carbons (Fsp3) is 0.333. The molecule has 0 bridgehead atoms. The van der Waals surface area contributed by atoms with Gasteiger partial charge in [-0.05, 0) is 30.2 Å². The van der Waals surface area contributed by atoms with Gasteiger partial charge in [-0.25, -0.2) is 4.39 Å². The molecule has 1 rings (SSSR count). The Morgan fingerprint density at radius 2 is 2.22 bits per heavy atom. The zero-order chi connectivity index (χ0) is 13.4. The van der Waals surface area contributed by atoms with E-state index < -0.39 is 5.82 Å². The second kappa shape index (κ2) is 7.26. The number of hydrogen-bond acceptors (Lipinski definition) is 3. The van der Waals surface area contributed by atoms with Crippen LogP contribution in [-0.2, 0) is 0 Å². The summed E-state index contributed by atoms with van der Waals surface area (Å²) in [5.41, 5.74) is 10.8. The van der Waals surface area contributed by atoms with Crippen LogP contribution in [0.1, 0.15) is 25.3 Å². The maximum absolute atomic E-state index is 13.6. The third-order valence-electron chi connectivity index (χ3n) is 2.09. The maximum atomic E-state index is 13.6. The highest BCUT2D eigenvalue weighted by atomic mass is 19.1. The van der Waals surface area contributed by atoms with Crippen molar-refractivity contribution in [2.45, 2.75) is 19.8 Å². The van der Waals surface area contributed by atoms with Crippen molar-refractivity contribution in [2.75, 3.05) is 6.61 Å². The molecule has 0 aliphatic rings. The van der Waals surface area contributed by atoms with Crippen LogP contribution in [0.15, 0.2) is 28.4 Å². The fourth-order valence-electron chi connectivity index (χ4n) is 1.20. The second-order valence-corrected chi connectivity index (χ2v) is 3.66. The minimum Gasteiger partial charge on any atom is -0.491 e. The highest BCUT2D eigenvalue weighted by Gasteiger charge is 2.03. The van der Waals surface area contributed by atoms with Gasteiger partial charge in [0.05, 0.1) is 12.8 Å². The minimum atomic E-state index is -0.431. The summed E-state index contributed by atoms with van der Waals surface area (Å²) in [6.45, 7) is 2.55. The molecule has 1 aromatic carbocycles. The molecule has 0 saturated heterocycles. The van der Waals surface area contributed by atoms with E-state index in [4.69, 9.17) is 16.2 Å². The first kappa shape index (κ1) is 14.0. The number of ether oxygens (including phenoxy) is 1. The molecule has 0 radical (unpaired) electrons. The number of hydrogen-bond donors (Lipinski definition) is 2. The predicted octanol–water partition coefficient (Wildman–Crippen LogP) is 1.61. The lowest BCUT2D eigenvalue weighted by atomic mass is 10.2. The van der Waals surface area contributed by atoms with E-state index in [9.17, 15) is 4.39 Å². The van der Waals surface area contributed by atoms with E-state index in [0.29, 0.717) is 12.2 Å². The van der Waals surface area contributed by atoms with E-state index in [1.807, 2.05) is 6.92 Å². The number of rotatable bonds is 6. The molecule has 0 aliphatic heterocycles. The largest absolute Gasteiger partial charge is 0.491 e. The first-order valence-electron chi connectivity index (χ1n) is 5.67. The number of benzene rings is 1. The van der Waals surface area contributed by atoms with Crippen molar-refractivity contribution in [3.05, 3.63) is 29.6 Å². The molecule has 0 aromatic heterocycles. The van der Waals surface area contributed by atoms with Gasteiger partial charge in [0, 0.05) is 0 Å². The van der Waals surface area contributed by atoms with E-state index in [1.165, 1.54) is 12.3 Å². The highest BCUT2D eigenvalue weighted by Crippen LogP contribution is 2.17. The number of halogens is 1. The first-order chi connectivity index (χ1) is 8.63. The van der Waals surface area contributed by atoms with Gasteiger partial charge in [-0.15, -0.1) is 5.10 Å². The summed E-state index contributed by atoms with van der Waals surface area (Å²) in [7, 11) is 0. The molecule has 0 saturated carbocycles. The molecule has 0 fully saturated rings. The Morgan fingerprint density at radius 3 is 2.83 bits per heavy atom. The summed E-state index contributed by atoms with van der Waals surface area (Å²) >= 11 is 0. The summed E-state index contributed by atoms with van der Waals surface area (Å²) in [4.78, 5) is 0. The van der Waals surface area contributed by atoms with E-state index in [1.54, 1.807) is 12.1 Å². The van der Waals surface area contributed by atoms with Gasteiger partial charge in [-0.1, -0.05) is 13.3 Å². The van der Waals surface area contributed by atoms with Crippen molar-refractivity contribution in [3.63, 3.8) is 0 Å². The standard InChI is InChI=1S/C12H17FN4O/c1-2-3-6-18-11-5-4-9(7-10(11)13)8-16-17-12(14)15/h4-5,7-8H,2-3,6H2,1H3,(H4,14,15,17). The molecular formula is C12H17FN4O. The molecule has 0 atom stereocenters. The Labute approximate surface area is 105 Å². The SMILES string of the molecule is CCCCOc1ccc(C=NN=C(N)N)cc1F. The van der Waals surface area contributed by atoms with Gasteiger partial charge in [-0.2, -0.15) is 5.10 Å². The van der Waals surface area contributed by atoms with E-state index in [2.05, 4.69) is 10.2 Å². The number of unbranched alkanes of at least 4 members (excludes halogenated alkanes) is 1. The number of nitrogens with zero attached hydrogens (tertiary/aromatic N) is 2. The molecule has 18 heavy (non-hydrogen) atoms. The van der Waals surface area contributed by atoms with Crippen LogP contribution in [-0.4, -0.2) is 18.8 Å². The summed E-state index contributed by atoms with van der Waals surface area (Å²) in [6, 6.07) is 4.55. The fourth-order valence-corrected chi connectivity index (χ4v) is 1.20.